The number of rotatable bonds is 5. The lowest BCUT2D eigenvalue weighted by molar-refractivity contribution is -0.146. The van der Waals surface area contributed by atoms with E-state index in [4.69, 9.17) is 15.5 Å². The summed E-state index contributed by atoms with van der Waals surface area (Å²) in [5, 5.41) is 3.72. The lowest BCUT2D eigenvalue weighted by Gasteiger charge is -2.38. The van der Waals surface area contributed by atoms with E-state index in [2.05, 4.69) is 61.2 Å². The number of carbonyl (C=O) groups is 3. The van der Waals surface area contributed by atoms with E-state index in [0.717, 1.165) is 46.7 Å². The summed E-state index contributed by atoms with van der Waals surface area (Å²) in [6.07, 6.45) is 3.02. The molecule has 0 unspecified atom stereocenters. The predicted molar refractivity (Wildman–Crippen MR) is 154 cm³/mol. The summed E-state index contributed by atoms with van der Waals surface area (Å²) in [7, 11) is 3.52. The van der Waals surface area contributed by atoms with E-state index < -0.39 is 17.7 Å². The van der Waals surface area contributed by atoms with Crippen LogP contribution in [0.15, 0.2) is 30.5 Å². The number of carbonyl (C=O) groups excluding carboxylic acids is 3. The van der Waals surface area contributed by atoms with E-state index >= 15 is 0 Å². The minimum Gasteiger partial charge on any atom is -0.480 e. The van der Waals surface area contributed by atoms with E-state index in [9.17, 15) is 14.4 Å². The van der Waals surface area contributed by atoms with Gasteiger partial charge in [-0.1, -0.05) is 26.8 Å². The summed E-state index contributed by atoms with van der Waals surface area (Å²) >= 11 is 1.74. The van der Waals surface area contributed by atoms with Gasteiger partial charge in [0.2, 0.25) is 5.88 Å². The number of likely N-dealkylation sites (N-methyl/N-ethyl adjacent to an activating group) is 1. The first-order valence-electron chi connectivity index (χ1n) is 13.5. The number of ether oxygens (including phenoxy) is 1. The summed E-state index contributed by atoms with van der Waals surface area (Å²) in [5.74, 6) is -1.51. The van der Waals surface area contributed by atoms with Gasteiger partial charge in [-0.15, -0.1) is 11.3 Å². The average molecular weight is 565 g/mol. The highest BCUT2D eigenvalue weighted by Gasteiger charge is 2.40. The third-order valence-corrected chi connectivity index (χ3v) is 9.22. The molecule has 4 heterocycles. The third-order valence-electron chi connectivity index (χ3n) is 8.07. The van der Waals surface area contributed by atoms with E-state index in [1.54, 1.807) is 16.2 Å². The smallest absolute Gasteiger partial charge is 0.313 e. The van der Waals surface area contributed by atoms with E-state index in [1.807, 2.05) is 0 Å². The monoisotopic (exact) mass is 564 g/mol. The molecule has 3 aromatic rings. The van der Waals surface area contributed by atoms with Crippen molar-refractivity contribution in [3.63, 3.8) is 0 Å². The van der Waals surface area contributed by atoms with E-state index in [0.29, 0.717) is 12.5 Å². The summed E-state index contributed by atoms with van der Waals surface area (Å²) < 4.78 is 6.18. The van der Waals surface area contributed by atoms with Crippen molar-refractivity contribution in [2.24, 2.45) is 17.1 Å². The summed E-state index contributed by atoms with van der Waals surface area (Å²) in [6.45, 7) is 9.17. The van der Waals surface area contributed by atoms with Gasteiger partial charge < -0.3 is 25.6 Å². The van der Waals surface area contributed by atoms with Gasteiger partial charge in [-0.25, -0.2) is 9.97 Å². The Morgan fingerprint density at radius 3 is 2.62 bits per heavy atom. The molecule has 10 nitrogen and oxygen atoms in total. The van der Waals surface area contributed by atoms with Crippen molar-refractivity contribution in [1.82, 2.24) is 19.8 Å². The van der Waals surface area contributed by atoms with Crippen LogP contribution in [0.5, 0.6) is 5.88 Å². The molecule has 0 radical (unpaired) electrons. The number of hydrogen-bond donors (Lipinski definition) is 2. The van der Waals surface area contributed by atoms with Gasteiger partial charge in [0.25, 0.3) is 5.91 Å². The van der Waals surface area contributed by atoms with Crippen molar-refractivity contribution in [2.75, 3.05) is 39.1 Å². The number of pyridine rings is 1. The Hall–Kier alpha value is -3.57. The minimum absolute atomic E-state index is 0.0146. The van der Waals surface area contributed by atoms with Crippen LogP contribution in [-0.4, -0.2) is 71.3 Å². The number of fused-ring (bicyclic) bond motifs is 1. The Bertz CT molecular complexity index is 1470. The highest BCUT2D eigenvalue weighted by molar-refractivity contribution is 7.18. The van der Waals surface area contributed by atoms with Crippen molar-refractivity contribution >= 4 is 45.0 Å². The van der Waals surface area contributed by atoms with Crippen LogP contribution in [0.3, 0.4) is 0 Å². The average Bonchev–Trinajstić information content (AvgIpc) is 3.45. The van der Waals surface area contributed by atoms with Crippen LogP contribution in [0.2, 0.25) is 0 Å². The van der Waals surface area contributed by atoms with Gasteiger partial charge >= 0.3 is 11.8 Å². The van der Waals surface area contributed by atoms with E-state index in [1.165, 1.54) is 19.4 Å². The van der Waals surface area contributed by atoms with Gasteiger partial charge in [0.1, 0.15) is 5.56 Å². The van der Waals surface area contributed by atoms with Crippen LogP contribution in [0.4, 0.5) is 5.69 Å². The molecule has 3 amide bonds. The zero-order chi connectivity index (χ0) is 28.8. The predicted octanol–water partition coefficient (Wildman–Crippen LogP) is 3.79. The lowest BCUT2D eigenvalue weighted by atomic mass is 9.82. The Morgan fingerprint density at radius 1 is 1.18 bits per heavy atom. The largest absolute Gasteiger partial charge is 0.480 e. The van der Waals surface area contributed by atoms with Gasteiger partial charge in [-0.2, -0.15) is 0 Å². The fourth-order valence-electron chi connectivity index (χ4n) is 6.06. The Morgan fingerprint density at radius 2 is 1.95 bits per heavy atom. The second kappa shape index (κ2) is 10.8. The molecule has 0 bridgehead atoms. The number of nitrogens with two attached hydrogens (primary N) is 1. The maximum Gasteiger partial charge on any atom is 0.313 e. The number of hydrogen-bond acceptors (Lipinski definition) is 8. The zero-order valence-corrected chi connectivity index (χ0v) is 24.4. The number of primary amides is 1. The van der Waals surface area contributed by atoms with Crippen LogP contribution in [-0.2, 0) is 9.59 Å². The molecule has 2 fully saturated rings. The van der Waals surface area contributed by atoms with Gasteiger partial charge in [0.05, 0.1) is 40.3 Å². The number of aromatic nitrogens is 2. The van der Waals surface area contributed by atoms with Crippen LogP contribution in [0, 0.1) is 11.3 Å². The van der Waals surface area contributed by atoms with Crippen molar-refractivity contribution in [1.29, 1.82) is 0 Å². The first-order chi connectivity index (χ1) is 19.0. The Balaban J connectivity index is 1.38. The van der Waals surface area contributed by atoms with Gasteiger partial charge in [0, 0.05) is 25.6 Å². The quantitative estimate of drug-likeness (QED) is 0.451. The molecule has 2 aliphatic heterocycles. The number of likely N-dealkylation sites (tertiary alicyclic amines) is 2. The summed E-state index contributed by atoms with van der Waals surface area (Å²) in [4.78, 5) is 51.4. The first-order valence-corrected chi connectivity index (χ1v) is 14.3. The molecule has 3 N–H and O–H groups in total. The normalized spacial score (nSPS) is 22.8. The number of nitrogens with zero attached hydrogens (tertiary/aromatic N) is 4. The number of anilines is 1. The molecule has 11 heteroatoms. The fourth-order valence-corrected chi connectivity index (χ4v) is 7.31. The minimum atomic E-state index is -0.800. The van der Waals surface area contributed by atoms with Crippen LogP contribution >= 0.6 is 11.3 Å². The SMILES string of the molecule is COc1ncc(NC(=O)C(=O)N2C[C@@H](C)CC[C@@H]2c2ccc3sc([C@H]4CN(C)CC4(C)C)nc3c2)cc1C(N)=O. The topological polar surface area (TPSA) is 131 Å². The maximum atomic E-state index is 13.5. The number of benzene rings is 1. The lowest BCUT2D eigenvalue weighted by Crippen LogP contribution is -2.46. The number of nitrogens with one attached hydrogen (secondary N) is 1. The molecule has 2 aromatic heterocycles. The molecule has 5 rings (SSSR count). The summed E-state index contributed by atoms with van der Waals surface area (Å²) in [5.41, 5.74) is 7.67. The van der Waals surface area contributed by atoms with Gasteiger partial charge in [-0.3, -0.25) is 14.4 Å². The zero-order valence-electron chi connectivity index (χ0n) is 23.6. The molecule has 1 aromatic carbocycles. The number of amides is 3. The second-order valence-electron chi connectivity index (χ2n) is 11.8. The molecular weight excluding hydrogens is 528 g/mol. The molecule has 40 heavy (non-hydrogen) atoms. The summed E-state index contributed by atoms with van der Waals surface area (Å²) in [6, 6.07) is 7.33. The van der Waals surface area contributed by atoms with Crippen molar-refractivity contribution in [3.8, 4) is 5.88 Å². The van der Waals surface area contributed by atoms with Crippen LogP contribution in [0.1, 0.15) is 66.5 Å². The molecule has 0 saturated carbocycles. The first kappa shape index (κ1) is 28.0. The Kier molecular flexibility index (Phi) is 7.54. The Labute approximate surface area is 237 Å². The molecule has 2 aliphatic rings. The molecule has 2 saturated heterocycles. The number of piperidine rings is 1. The molecule has 3 atom stereocenters. The van der Waals surface area contributed by atoms with Crippen molar-refractivity contribution < 1.29 is 19.1 Å². The highest BCUT2D eigenvalue weighted by atomic mass is 32.1. The van der Waals surface area contributed by atoms with Crippen LogP contribution in [0.25, 0.3) is 10.2 Å². The van der Waals surface area contributed by atoms with Crippen molar-refractivity contribution in [2.45, 2.75) is 45.6 Å². The second-order valence-corrected chi connectivity index (χ2v) is 12.8. The molecular formula is C29H36N6O4S. The van der Waals surface area contributed by atoms with Gasteiger partial charge in [0.15, 0.2) is 0 Å². The molecule has 0 aliphatic carbocycles. The fraction of sp³-hybridized carbons (Fsp3) is 0.483. The van der Waals surface area contributed by atoms with Gasteiger partial charge in [-0.05, 0) is 55.0 Å². The van der Waals surface area contributed by atoms with E-state index in [-0.39, 0.29) is 34.5 Å². The third kappa shape index (κ3) is 5.40. The number of methoxy groups -OCH3 is 1. The van der Waals surface area contributed by atoms with Crippen molar-refractivity contribution in [3.05, 3.63) is 46.6 Å². The number of thiazole rings is 1. The highest BCUT2D eigenvalue weighted by Crippen LogP contribution is 2.44. The maximum absolute atomic E-state index is 13.5. The standard InChI is InChI=1S/C29H36N6O4S/c1-16-6-8-22(17-7-9-23-21(10-17)33-27(40-23)20-14-34(4)15-29(20,2)3)35(13-16)28(38)25(37)32-18-11-19(24(30)36)26(39-5)31-12-18/h7,9-12,16,20,22H,6,8,13-15H2,1-5H3,(H2,30,36)(H,32,37)/t16-,20+,22+/m0/s1. The van der Waals surface area contributed by atoms with Crippen LogP contribution < -0.4 is 15.8 Å². The molecule has 0 spiro atoms. The molecule has 212 valence electrons.